The molecule has 0 aliphatic carbocycles. The molecule has 2 aromatic rings. The quantitative estimate of drug-likeness (QED) is 0.789. The Balaban J connectivity index is 2.09. The Labute approximate surface area is 154 Å². The fourth-order valence-corrected chi connectivity index (χ4v) is 2.38. The predicted molar refractivity (Wildman–Crippen MR) is 102 cm³/mol. The van der Waals surface area contributed by atoms with Crippen LogP contribution in [0.25, 0.3) is 0 Å². The molecule has 0 aliphatic rings. The van der Waals surface area contributed by atoms with Gasteiger partial charge in [-0.2, -0.15) is 0 Å². The molecule has 0 unspecified atom stereocenters. The van der Waals surface area contributed by atoms with Crippen LogP contribution < -0.4 is 10.1 Å². The van der Waals surface area contributed by atoms with Gasteiger partial charge in [-0.15, -0.1) is 0 Å². The molecule has 1 atom stereocenters. The number of hydrogen-bond donors (Lipinski definition) is 1. The predicted octanol–water partition coefficient (Wildman–Crippen LogP) is 4.19. The van der Waals surface area contributed by atoms with Crippen LogP contribution in [-0.4, -0.2) is 24.6 Å². The lowest BCUT2D eigenvalue weighted by Crippen LogP contribution is -2.30. The summed E-state index contributed by atoms with van der Waals surface area (Å²) >= 11 is 0. The number of esters is 1. The van der Waals surface area contributed by atoms with Crippen LogP contribution in [0.1, 0.15) is 40.9 Å². The van der Waals surface area contributed by atoms with E-state index >= 15 is 0 Å². The molecule has 5 heteroatoms. The maximum Gasteiger partial charge on any atom is 0.338 e. The third-order valence-corrected chi connectivity index (χ3v) is 4.17. The molecule has 0 heterocycles. The van der Waals surface area contributed by atoms with Crippen molar-refractivity contribution in [3.05, 3.63) is 58.7 Å². The van der Waals surface area contributed by atoms with E-state index in [2.05, 4.69) is 5.32 Å². The molecule has 0 radical (unpaired) electrons. The molecular weight excluding hydrogens is 330 g/mol. The van der Waals surface area contributed by atoms with Gasteiger partial charge in [-0.1, -0.05) is 12.1 Å². The zero-order valence-corrected chi connectivity index (χ0v) is 15.9. The van der Waals surface area contributed by atoms with Crippen molar-refractivity contribution in [2.75, 3.05) is 11.9 Å². The monoisotopic (exact) mass is 355 g/mol. The summed E-state index contributed by atoms with van der Waals surface area (Å²) in [6.07, 6.45) is -0.678. The molecule has 0 bridgehead atoms. The Morgan fingerprint density at radius 1 is 1.00 bits per heavy atom. The van der Waals surface area contributed by atoms with Gasteiger partial charge in [0.15, 0.2) is 6.10 Å². The van der Waals surface area contributed by atoms with E-state index in [-0.39, 0.29) is 5.91 Å². The molecule has 0 aliphatic heterocycles. The van der Waals surface area contributed by atoms with Crippen molar-refractivity contribution >= 4 is 17.6 Å². The number of hydrogen-bond acceptors (Lipinski definition) is 4. The molecule has 26 heavy (non-hydrogen) atoms. The second-order valence-electron chi connectivity index (χ2n) is 6.25. The van der Waals surface area contributed by atoms with E-state index in [0.717, 1.165) is 11.1 Å². The molecule has 1 amide bonds. The Hall–Kier alpha value is -2.82. The topological polar surface area (TPSA) is 64.6 Å². The van der Waals surface area contributed by atoms with Gasteiger partial charge in [0.2, 0.25) is 0 Å². The number of aryl methyl sites for hydroxylation is 3. The van der Waals surface area contributed by atoms with Gasteiger partial charge in [-0.3, -0.25) is 4.79 Å². The molecule has 0 fully saturated rings. The lowest BCUT2D eigenvalue weighted by molar-refractivity contribution is -0.122. The smallest absolute Gasteiger partial charge is 0.338 e. The number of carbonyl (C=O) groups excluding carboxylic acids is 2. The zero-order chi connectivity index (χ0) is 19.3. The van der Waals surface area contributed by atoms with Crippen LogP contribution in [0.5, 0.6) is 5.75 Å². The first kappa shape index (κ1) is 19.5. The first-order chi connectivity index (χ1) is 12.3. The van der Waals surface area contributed by atoms with Gasteiger partial charge in [-0.05, 0) is 75.6 Å². The summed E-state index contributed by atoms with van der Waals surface area (Å²) in [5, 5.41) is 2.82. The van der Waals surface area contributed by atoms with E-state index in [4.69, 9.17) is 9.47 Å². The third-order valence-electron chi connectivity index (χ3n) is 4.17. The molecule has 138 valence electrons. The van der Waals surface area contributed by atoms with Crippen molar-refractivity contribution in [3.63, 3.8) is 0 Å². The van der Waals surface area contributed by atoms with Crippen molar-refractivity contribution in [2.24, 2.45) is 0 Å². The van der Waals surface area contributed by atoms with E-state index < -0.39 is 12.1 Å². The summed E-state index contributed by atoms with van der Waals surface area (Å²) in [4.78, 5) is 24.3. The average molecular weight is 355 g/mol. The minimum Gasteiger partial charge on any atom is -0.481 e. The van der Waals surface area contributed by atoms with E-state index in [1.54, 1.807) is 32.0 Å². The van der Waals surface area contributed by atoms with Crippen molar-refractivity contribution in [1.29, 1.82) is 0 Å². The largest absolute Gasteiger partial charge is 0.481 e. The summed E-state index contributed by atoms with van der Waals surface area (Å²) in [7, 11) is 0. The van der Waals surface area contributed by atoms with Gasteiger partial charge in [0.05, 0.1) is 12.2 Å². The maximum absolute atomic E-state index is 12.5. The number of anilines is 1. The lowest BCUT2D eigenvalue weighted by atomic mass is 10.1. The summed E-state index contributed by atoms with van der Waals surface area (Å²) in [5.41, 5.74) is 4.09. The molecule has 2 rings (SSSR count). The number of amides is 1. The molecule has 0 aromatic heterocycles. The summed E-state index contributed by atoms with van der Waals surface area (Å²) < 4.78 is 10.7. The van der Waals surface area contributed by atoms with Crippen molar-refractivity contribution in [1.82, 2.24) is 0 Å². The normalized spacial score (nSPS) is 11.6. The van der Waals surface area contributed by atoms with Crippen molar-refractivity contribution in [3.8, 4) is 5.75 Å². The molecule has 1 N–H and O–H groups in total. The Morgan fingerprint density at radius 2 is 1.69 bits per heavy atom. The second kappa shape index (κ2) is 8.52. The van der Waals surface area contributed by atoms with Gasteiger partial charge < -0.3 is 14.8 Å². The fourth-order valence-electron chi connectivity index (χ4n) is 2.38. The second-order valence-corrected chi connectivity index (χ2v) is 6.25. The van der Waals surface area contributed by atoms with Crippen molar-refractivity contribution in [2.45, 2.75) is 40.7 Å². The van der Waals surface area contributed by atoms with Crippen LogP contribution in [0.2, 0.25) is 0 Å². The molecular formula is C21H25NO4. The molecule has 0 spiro atoms. The average Bonchev–Trinajstić information content (AvgIpc) is 2.60. The lowest BCUT2D eigenvalue weighted by Gasteiger charge is -2.17. The van der Waals surface area contributed by atoms with Crippen LogP contribution >= 0.6 is 0 Å². The van der Waals surface area contributed by atoms with Crippen LogP contribution in [0.15, 0.2) is 36.4 Å². The number of rotatable bonds is 6. The highest BCUT2D eigenvalue weighted by Crippen LogP contribution is 2.20. The van der Waals surface area contributed by atoms with Gasteiger partial charge in [0, 0.05) is 5.69 Å². The highest BCUT2D eigenvalue weighted by atomic mass is 16.5. The Bertz CT molecular complexity index is 814. The third kappa shape index (κ3) is 4.85. The van der Waals surface area contributed by atoms with Gasteiger partial charge in [0.25, 0.3) is 5.91 Å². The van der Waals surface area contributed by atoms with E-state index in [0.29, 0.717) is 23.6 Å². The number of ether oxygens (including phenoxy) is 2. The van der Waals surface area contributed by atoms with Crippen LogP contribution in [0.3, 0.4) is 0 Å². The van der Waals surface area contributed by atoms with E-state index in [9.17, 15) is 9.59 Å². The summed E-state index contributed by atoms with van der Waals surface area (Å²) in [6.45, 7) is 9.62. The van der Waals surface area contributed by atoms with Gasteiger partial charge >= 0.3 is 5.97 Å². The number of carbonyl (C=O) groups is 2. The first-order valence-corrected chi connectivity index (χ1v) is 8.64. The van der Waals surface area contributed by atoms with Gasteiger partial charge in [0.1, 0.15) is 5.75 Å². The summed E-state index contributed by atoms with van der Waals surface area (Å²) in [6, 6.07) is 10.8. The van der Waals surface area contributed by atoms with Crippen molar-refractivity contribution < 1.29 is 19.1 Å². The number of benzene rings is 2. The minimum absolute atomic E-state index is 0.285. The molecule has 2 aromatic carbocycles. The van der Waals surface area contributed by atoms with Crippen LogP contribution in [-0.2, 0) is 9.53 Å². The molecule has 0 saturated heterocycles. The Morgan fingerprint density at radius 3 is 2.35 bits per heavy atom. The van der Waals surface area contributed by atoms with Gasteiger partial charge in [-0.25, -0.2) is 4.79 Å². The molecule has 5 nitrogen and oxygen atoms in total. The first-order valence-electron chi connectivity index (χ1n) is 8.64. The van der Waals surface area contributed by atoms with Crippen LogP contribution in [0.4, 0.5) is 5.69 Å². The molecule has 0 saturated carbocycles. The highest BCUT2D eigenvalue weighted by Gasteiger charge is 2.17. The highest BCUT2D eigenvalue weighted by molar-refractivity contribution is 5.97. The van der Waals surface area contributed by atoms with E-state index in [1.807, 2.05) is 39.0 Å². The SMILES string of the molecule is CCOC(=O)c1ccc(C)c(NC(=O)[C@@H](C)Oc2ccc(C)c(C)c2)c1. The fraction of sp³-hybridized carbons (Fsp3) is 0.333. The standard InChI is InChI=1S/C21H25NO4/c1-6-25-21(24)17-9-7-14(3)19(12-17)22-20(23)16(5)26-18-10-8-13(2)15(4)11-18/h7-12,16H,6H2,1-5H3,(H,22,23)/t16-/m1/s1. The van der Waals surface area contributed by atoms with E-state index in [1.165, 1.54) is 5.56 Å². The zero-order valence-electron chi connectivity index (χ0n) is 15.9. The summed E-state index contributed by atoms with van der Waals surface area (Å²) in [5.74, 6) is -0.0532. The maximum atomic E-state index is 12.5. The number of nitrogens with one attached hydrogen (secondary N) is 1. The minimum atomic E-state index is -0.678. The Kier molecular flexibility index (Phi) is 6.39. The van der Waals surface area contributed by atoms with Crippen LogP contribution in [0, 0.1) is 20.8 Å².